The van der Waals surface area contributed by atoms with Crippen LogP contribution < -0.4 is 5.32 Å². The SMILES string of the molecule is CCOC(=O)[C@@H]1CC[C@@H](CON=C(c2ccccc2)c2ccccc2)NC1. The monoisotopic (exact) mass is 366 g/mol. The van der Waals surface area contributed by atoms with E-state index >= 15 is 0 Å². The van der Waals surface area contributed by atoms with Crippen LogP contribution >= 0.6 is 0 Å². The molecule has 1 fully saturated rings. The summed E-state index contributed by atoms with van der Waals surface area (Å²) in [6.07, 6.45) is 1.68. The van der Waals surface area contributed by atoms with Gasteiger partial charge in [-0.1, -0.05) is 65.8 Å². The first-order chi connectivity index (χ1) is 13.3. The van der Waals surface area contributed by atoms with Crippen LogP contribution in [0.15, 0.2) is 65.8 Å². The van der Waals surface area contributed by atoms with Crippen LogP contribution in [0, 0.1) is 5.92 Å². The number of piperidine rings is 1. The number of benzene rings is 2. The fourth-order valence-corrected chi connectivity index (χ4v) is 3.17. The van der Waals surface area contributed by atoms with Crippen LogP contribution in [0.25, 0.3) is 0 Å². The van der Waals surface area contributed by atoms with Gasteiger partial charge >= 0.3 is 5.97 Å². The number of nitrogens with zero attached hydrogens (tertiary/aromatic N) is 1. The quantitative estimate of drug-likeness (QED) is 0.464. The Kier molecular flexibility index (Phi) is 6.99. The van der Waals surface area contributed by atoms with Crippen LogP contribution in [0.1, 0.15) is 30.9 Å². The van der Waals surface area contributed by atoms with Crippen molar-refractivity contribution in [1.82, 2.24) is 5.32 Å². The molecule has 27 heavy (non-hydrogen) atoms. The maximum atomic E-state index is 11.8. The third-order valence-corrected chi connectivity index (χ3v) is 4.66. The minimum Gasteiger partial charge on any atom is -0.466 e. The number of esters is 1. The summed E-state index contributed by atoms with van der Waals surface area (Å²) in [5, 5.41) is 7.79. The molecule has 1 heterocycles. The van der Waals surface area contributed by atoms with Crippen molar-refractivity contribution in [3.05, 3.63) is 71.8 Å². The van der Waals surface area contributed by atoms with Crippen LogP contribution in [0.4, 0.5) is 0 Å². The van der Waals surface area contributed by atoms with Crippen LogP contribution in [0.2, 0.25) is 0 Å². The van der Waals surface area contributed by atoms with E-state index < -0.39 is 0 Å². The van der Waals surface area contributed by atoms with E-state index in [1.165, 1.54) is 0 Å². The number of oxime groups is 1. The first-order valence-electron chi connectivity index (χ1n) is 9.48. The lowest BCUT2D eigenvalue weighted by atomic mass is 9.95. The van der Waals surface area contributed by atoms with E-state index in [1.54, 1.807) is 0 Å². The van der Waals surface area contributed by atoms with Crippen LogP contribution in [-0.2, 0) is 14.4 Å². The van der Waals surface area contributed by atoms with E-state index in [1.807, 2.05) is 67.6 Å². The zero-order valence-electron chi connectivity index (χ0n) is 15.6. The summed E-state index contributed by atoms with van der Waals surface area (Å²) in [6.45, 7) is 3.36. The summed E-state index contributed by atoms with van der Waals surface area (Å²) in [7, 11) is 0. The number of nitrogens with one attached hydrogen (secondary N) is 1. The lowest BCUT2D eigenvalue weighted by Gasteiger charge is -2.27. The maximum absolute atomic E-state index is 11.8. The molecular weight excluding hydrogens is 340 g/mol. The molecule has 0 bridgehead atoms. The van der Waals surface area contributed by atoms with Crippen molar-refractivity contribution in [3.63, 3.8) is 0 Å². The van der Waals surface area contributed by atoms with Crippen LogP contribution in [0.3, 0.4) is 0 Å². The van der Waals surface area contributed by atoms with Crippen molar-refractivity contribution in [3.8, 4) is 0 Å². The summed E-state index contributed by atoms with van der Waals surface area (Å²) < 4.78 is 5.10. The van der Waals surface area contributed by atoms with Crippen molar-refractivity contribution in [2.24, 2.45) is 11.1 Å². The molecule has 0 aromatic heterocycles. The highest BCUT2D eigenvalue weighted by Crippen LogP contribution is 2.17. The number of hydrogen-bond acceptors (Lipinski definition) is 5. The average Bonchev–Trinajstić information content (AvgIpc) is 2.73. The van der Waals surface area contributed by atoms with Gasteiger partial charge in [0.2, 0.25) is 0 Å². The van der Waals surface area contributed by atoms with E-state index in [-0.39, 0.29) is 17.9 Å². The predicted octanol–water partition coefficient (Wildman–Crippen LogP) is 3.39. The summed E-state index contributed by atoms with van der Waals surface area (Å²) in [6, 6.07) is 20.2. The summed E-state index contributed by atoms with van der Waals surface area (Å²) in [5.41, 5.74) is 2.85. The molecule has 2 aromatic rings. The summed E-state index contributed by atoms with van der Waals surface area (Å²) in [5.74, 6) is -0.174. The largest absolute Gasteiger partial charge is 0.466 e. The molecule has 3 rings (SSSR count). The van der Waals surface area contributed by atoms with E-state index in [0.29, 0.717) is 19.8 Å². The van der Waals surface area contributed by atoms with Gasteiger partial charge < -0.3 is 14.9 Å². The van der Waals surface area contributed by atoms with Gasteiger partial charge in [-0.25, -0.2) is 0 Å². The normalized spacial score (nSPS) is 19.1. The summed E-state index contributed by atoms with van der Waals surface area (Å²) in [4.78, 5) is 17.5. The molecule has 2 aromatic carbocycles. The standard InChI is InChI=1S/C22H26N2O3/c1-2-26-22(25)19-13-14-20(23-15-19)16-27-24-21(17-9-5-3-6-10-17)18-11-7-4-8-12-18/h3-12,19-20,23H,2,13-16H2,1H3/t19-,20+/m1/s1. The second-order valence-electron chi connectivity index (χ2n) is 6.60. The van der Waals surface area contributed by atoms with Crippen molar-refractivity contribution in [1.29, 1.82) is 0 Å². The fourth-order valence-electron chi connectivity index (χ4n) is 3.17. The number of carbonyl (C=O) groups excluding carboxylic acids is 1. The molecule has 1 aliphatic heterocycles. The molecule has 2 atom stereocenters. The second kappa shape index (κ2) is 9.88. The molecule has 1 aliphatic rings. The molecule has 0 amide bonds. The minimum atomic E-state index is -0.113. The first-order valence-corrected chi connectivity index (χ1v) is 9.48. The van der Waals surface area contributed by atoms with Crippen molar-refractivity contribution in [2.45, 2.75) is 25.8 Å². The van der Waals surface area contributed by atoms with E-state index in [0.717, 1.165) is 29.7 Å². The smallest absolute Gasteiger partial charge is 0.310 e. The molecule has 0 unspecified atom stereocenters. The lowest BCUT2D eigenvalue weighted by molar-refractivity contribution is -0.148. The Morgan fingerprint density at radius 1 is 1.04 bits per heavy atom. The van der Waals surface area contributed by atoms with Crippen molar-refractivity contribution >= 4 is 11.7 Å². The maximum Gasteiger partial charge on any atom is 0.310 e. The number of ether oxygens (including phenoxy) is 1. The third-order valence-electron chi connectivity index (χ3n) is 4.66. The predicted molar refractivity (Wildman–Crippen MR) is 106 cm³/mol. The molecule has 0 spiro atoms. The Labute approximate surface area is 160 Å². The molecule has 0 radical (unpaired) electrons. The van der Waals surface area contributed by atoms with E-state index in [4.69, 9.17) is 9.57 Å². The molecule has 1 saturated heterocycles. The molecular formula is C22H26N2O3. The zero-order valence-corrected chi connectivity index (χ0v) is 15.6. The Morgan fingerprint density at radius 3 is 2.19 bits per heavy atom. The van der Waals surface area contributed by atoms with Gasteiger partial charge in [-0.05, 0) is 19.8 Å². The Morgan fingerprint density at radius 2 is 1.67 bits per heavy atom. The molecule has 5 nitrogen and oxygen atoms in total. The van der Waals surface area contributed by atoms with Gasteiger partial charge in [0, 0.05) is 23.7 Å². The Balaban J connectivity index is 1.59. The van der Waals surface area contributed by atoms with E-state index in [2.05, 4.69) is 10.5 Å². The van der Waals surface area contributed by atoms with Crippen LogP contribution in [-0.4, -0.2) is 37.5 Å². The molecule has 5 heteroatoms. The molecule has 0 saturated carbocycles. The summed E-state index contributed by atoms with van der Waals surface area (Å²) >= 11 is 0. The van der Waals surface area contributed by atoms with Gasteiger partial charge in [-0.15, -0.1) is 0 Å². The Hall–Kier alpha value is -2.66. The number of carbonyl (C=O) groups is 1. The van der Waals surface area contributed by atoms with E-state index in [9.17, 15) is 4.79 Å². The topological polar surface area (TPSA) is 59.9 Å². The Bertz CT molecular complexity index is 697. The fraction of sp³-hybridized carbons (Fsp3) is 0.364. The minimum absolute atomic E-state index is 0.0612. The van der Waals surface area contributed by atoms with Gasteiger partial charge in [0.25, 0.3) is 0 Å². The van der Waals surface area contributed by atoms with Gasteiger partial charge in [0.05, 0.1) is 12.5 Å². The molecule has 142 valence electrons. The number of rotatable bonds is 7. The first kappa shape index (κ1) is 19.1. The average molecular weight is 366 g/mol. The highest BCUT2D eigenvalue weighted by Gasteiger charge is 2.27. The highest BCUT2D eigenvalue weighted by molar-refractivity contribution is 6.12. The molecule has 0 aliphatic carbocycles. The number of hydrogen-bond donors (Lipinski definition) is 1. The highest BCUT2D eigenvalue weighted by atomic mass is 16.6. The van der Waals surface area contributed by atoms with Crippen molar-refractivity contribution < 1.29 is 14.4 Å². The van der Waals surface area contributed by atoms with Gasteiger partial charge in [-0.2, -0.15) is 0 Å². The zero-order chi connectivity index (χ0) is 18.9. The van der Waals surface area contributed by atoms with Crippen molar-refractivity contribution in [2.75, 3.05) is 19.8 Å². The van der Waals surface area contributed by atoms with Gasteiger partial charge in [0.1, 0.15) is 12.3 Å². The third kappa shape index (κ3) is 5.41. The lowest BCUT2D eigenvalue weighted by Crippen LogP contribution is -2.44. The van der Waals surface area contributed by atoms with Crippen LogP contribution in [0.5, 0.6) is 0 Å². The van der Waals surface area contributed by atoms with Gasteiger partial charge in [0.15, 0.2) is 0 Å². The molecule has 1 N–H and O–H groups in total. The second-order valence-corrected chi connectivity index (χ2v) is 6.60. The van der Waals surface area contributed by atoms with Gasteiger partial charge in [-0.3, -0.25) is 4.79 Å².